The monoisotopic (exact) mass is 282 g/mol. The van der Waals surface area contributed by atoms with Crippen LogP contribution in [0.1, 0.15) is 32.3 Å². The Labute approximate surface area is 106 Å². The highest BCUT2D eigenvalue weighted by Gasteiger charge is 2.23. The van der Waals surface area contributed by atoms with E-state index in [0.717, 1.165) is 23.6 Å². The number of halogens is 1. The van der Waals surface area contributed by atoms with Crippen LogP contribution in [0.25, 0.3) is 0 Å². The number of piperidine rings is 1. The highest BCUT2D eigenvalue weighted by molar-refractivity contribution is 9.08. The number of pyridine rings is 1. The molecule has 0 saturated carbocycles. The first-order valence-corrected chi connectivity index (χ1v) is 7.10. The molecule has 16 heavy (non-hydrogen) atoms. The summed E-state index contributed by atoms with van der Waals surface area (Å²) in [4.78, 5) is 6.99. The molecule has 1 aliphatic rings. The molecule has 1 aromatic heterocycles. The van der Waals surface area contributed by atoms with Gasteiger partial charge in [0.05, 0.1) is 0 Å². The summed E-state index contributed by atoms with van der Waals surface area (Å²) < 4.78 is 0. The van der Waals surface area contributed by atoms with Crippen molar-refractivity contribution >= 4 is 21.7 Å². The van der Waals surface area contributed by atoms with Crippen molar-refractivity contribution in [1.29, 1.82) is 0 Å². The van der Waals surface area contributed by atoms with E-state index in [1.54, 1.807) is 0 Å². The lowest BCUT2D eigenvalue weighted by atomic mass is 9.95. The minimum atomic E-state index is 0.624. The summed E-state index contributed by atoms with van der Waals surface area (Å²) in [5.74, 6) is 1.91. The van der Waals surface area contributed by atoms with Gasteiger partial charge in [-0.1, -0.05) is 28.9 Å². The summed E-state index contributed by atoms with van der Waals surface area (Å²) in [7, 11) is 0. The van der Waals surface area contributed by atoms with Gasteiger partial charge in [0.1, 0.15) is 5.82 Å². The molecule has 2 heterocycles. The van der Waals surface area contributed by atoms with E-state index in [2.05, 4.69) is 51.8 Å². The summed E-state index contributed by atoms with van der Waals surface area (Å²) in [6, 6.07) is 4.92. The first-order valence-electron chi connectivity index (χ1n) is 5.98. The third-order valence-electron chi connectivity index (χ3n) is 3.38. The lowest BCUT2D eigenvalue weighted by Crippen LogP contribution is -2.41. The van der Waals surface area contributed by atoms with Gasteiger partial charge in [0, 0.05) is 24.1 Å². The fraction of sp³-hybridized carbons (Fsp3) is 0.615. The zero-order chi connectivity index (χ0) is 11.5. The Morgan fingerprint density at radius 2 is 2.19 bits per heavy atom. The van der Waals surface area contributed by atoms with Gasteiger partial charge in [-0.2, -0.15) is 0 Å². The fourth-order valence-electron chi connectivity index (χ4n) is 2.27. The molecule has 0 aromatic carbocycles. The molecule has 0 aliphatic carbocycles. The van der Waals surface area contributed by atoms with Crippen molar-refractivity contribution in [1.82, 2.24) is 4.98 Å². The molecular weight excluding hydrogens is 264 g/mol. The van der Waals surface area contributed by atoms with Crippen molar-refractivity contribution in [3.63, 3.8) is 0 Å². The highest BCUT2D eigenvalue weighted by Crippen LogP contribution is 2.26. The SMILES string of the molecule is CC1CCC(C)N(c2ccc(CBr)cn2)C1. The van der Waals surface area contributed by atoms with E-state index in [0.29, 0.717) is 6.04 Å². The van der Waals surface area contributed by atoms with Gasteiger partial charge in [0.15, 0.2) is 0 Å². The molecule has 1 saturated heterocycles. The molecule has 0 amide bonds. The van der Waals surface area contributed by atoms with Gasteiger partial charge in [0.2, 0.25) is 0 Å². The summed E-state index contributed by atoms with van der Waals surface area (Å²) >= 11 is 3.45. The molecule has 2 atom stereocenters. The quantitative estimate of drug-likeness (QED) is 0.771. The molecule has 2 rings (SSSR count). The van der Waals surface area contributed by atoms with E-state index in [4.69, 9.17) is 0 Å². The number of hydrogen-bond donors (Lipinski definition) is 0. The molecule has 0 bridgehead atoms. The molecule has 2 nitrogen and oxygen atoms in total. The Balaban J connectivity index is 2.15. The Kier molecular flexibility index (Phi) is 3.85. The maximum atomic E-state index is 4.55. The van der Waals surface area contributed by atoms with Crippen LogP contribution in [0.15, 0.2) is 18.3 Å². The first-order chi connectivity index (χ1) is 7.70. The van der Waals surface area contributed by atoms with Crippen LogP contribution in [0.4, 0.5) is 5.82 Å². The van der Waals surface area contributed by atoms with Crippen LogP contribution in [0.5, 0.6) is 0 Å². The largest absolute Gasteiger partial charge is 0.354 e. The maximum Gasteiger partial charge on any atom is 0.128 e. The van der Waals surface area contributed by atoms with Gasteiger partial charge in [-0.25, -0.2) is 4.98 Å². The van der Waals surface area contributed by atoms with Gasteiger partial charge in [-0.3, -0.25) is 0 Å². The van der Waals surface area contributed by atoms with Gasteiger partial charge in [-0.05, 0) is 37.3 Å². The molecule has 3 heteroatoms. The molecule has 2 unspecified atom stereocenters. The molecule has 1 aliphatic heterocycles. The van der Waals surface area contributed by atoms with Gasteiger partial charge in [-0.15, -0.1) is 0 Å². The average molecular weight is 283 g/mol. The number of aromatic nitrogens is 1. The van der Waals surface area contributed by atoms with Crippen molar-refractivity contribution in [2.45, 2.75) is 38.1 Å². The smallest absolute Gasteiger partial charge is 0.128 e. The van der Waals surface area contributed by atoms with Crippen molar-refractivity contribution < 1.29 is 0 Å². The molecule has 0 radical (unpaired) electrons. The average Bonchev–Trinajstić information content (AvgIpc) is 2.32. The van der Waals surface area contributed by atoms with Crippen LogP contribution in [0.2, 0.25) is 0 Å². The number of nitrogens with zero attached hydrogens (tertiary/aromatic N) is 2. The summed E-state index contributed by atoms with van der Waals surface area (Å²) in [5.41, 5.74) is 1.24. The Morgan fingerprint density at radius 1 is 1.38 bits per heavy atom. The molecular formula is C13H19BrN2. The van der Waals surface area contributed by atoms with E-state index >= 15 is 0 Å². The molecule has 88 valence electrons. The number of anilines is 1. The van der Waals surface area contributed by atoms with Gasteiger partial charge in [0.25, 0.3) is 0 Å². The van der Waals surface area contributed by atoms with Crippen molar-refractivity contribution in [3.05, 3.63) is 23.9 Å². The summed E-state index contributed by atoms with van der Waals surface area (Å²) in [6.45, 7) is 5.76. The van der Waals surface area contributed by atoms with E-state index in [1.165, 1.54) is 18.4 Å². The zero-order valence-corrected chi connectivity index (χ0v) is 11.6. The predicted octanol–water partition coefficient (Wildman–Crippen LogP) is 3.60. The van der Waals surface area contributed by atoms with Crippen LogP contribution in [0.3, 0.4) is 0 Å². The van der Waals surface area contributed by atoms with Crippen molar-refractivity contribution in [2.75, 3.05) is 11.4 Å². The van der Waals surface area contributed by atoms with Crippen molar-refractivity contribution in [2.24, 2.45) is 5.92 Å². The van der Waals surface area contributed by atoms with E-state index in [9.17, 15) is 0 Å². The highest BCUT2D eigenvalue weighted by atomic mass is 79.9. The molecule has 0 spiro atoms. The third-order valence-corrected chi connectivity index (χ3v) is 4.02. The van der Waals surface area contributed by atoms with Crippen molar-refractivity contribution in [3.8, 4) is 0 Å². The van der Waals surface area contributed by atoms with E-state index in [-0.39, 0.29) is 0 Å². The topological polar surface area (TPSA) is 16.1 Å². The second kappa shape index (κ2) is 5.17. The molecule has 1 fully saturated rings. The summed E-state index contributed by atoms with van der Waals surface area (Å²) in [5, 5.41) is 0.881. The number of alkyl halides is 1. The normalized spacial score (nSPS) is 25.8. The number of hydrogen-bond acceptors (Lipinski definition) is 2. The van der Waals surface area contributed by atoms with Crippen LogP contribution in [-0.2, 0) is 5.33 Å². The Hall–Kier alpha value is -0.570. The maximum absolute atomic E-state index is 4.55. The Bertz CT molecular complexity index is 336. The number of rotatable bonds is 2. The lowest BCUT2D eigenvalue weighted by molar-refractivity contribution is 0.388. The van der Waals surface area contributed by atoms with Crippen LogP contribution in [-0.4, -0.2) is 17.6 Å². The second-order valence-electron chi connectivity index (χ2n) is 4.84. The minimum absolute atomic E-state index is 0.624. The minimum Gasteiger partial charge on any atom is -0.354 e. The van der Waals surface area contributed by atoms with Gasteiger partial charge >= 0.3 is 0 Å². The molecule has 0 N–H and O–H groups in total. The van der Waals surface area contributed by atoms with E-state index < -0.39 is 0 Å². The van der Waals surface area contributed by atoms with Crippen LogP contribution >= 0.6 is 15.9 Å². The lowest BCUT2D eigenvalue weighted by Gasteiger charge is -2.37. The first kappa shape index (κ1) is 11.9. The van der Waals surface area contributed by atoms with E-state index in [1.807, 2.05) is 6.20 Å². The zero-order valence-electron chi connectivity index (χ0n) is 9.99. The predicted molar refractivity (Wildman–Crippen MR) is 72.1 cm³/mol. The molecule has 1 aromatic rings. The Morgan fingerprint density at radius 3 is 2.81 bits per heavy atom. The second-order valence-corrected chi connectivity index (χ2v) is 5.40. The van der Waals surface area contributed by atoms with Gasteiger partial charge < -0.3 is 4.90 Å². The fourth-order valence-corrected chi connectivity index (χ4v) is 2.61. The standard InChI is InChI=1S/C13H19BrN2/c1-10-3-4-11(2)16(9-10)13-6-5-12(7-14)8-15-13/h5-6,8,10-11H,3-4,7,9H2,1-2H3. The summed E-state index contributed by atoms with van der Waals surface area (Å²) in [6.07, 6.45) is 4.59. The third kappa shape index (κ3) is 2.57. The van der Waals surface area contributed by atoms with Crippen LogP contribution < -0.4 is 4.90 Å². The van der Waals surface area contributed by atoms with Crippen LogP contribution in [0, 0.1) is 5.92 Å².